The molecule has 0 aliphatic carbocycles. The van der Waals surface area contributed by atoms with Crippen LogP contribution in [-0.2, 0) is 22.6 Å². The number of hydrogen-bond donors (Lipinski definition) is 1. The van der Waals surface area contributed by atoms with Crippen LogP contribution in [0.1, 0.15) is 37.0 Å². The number of nitrogens with one attached hydrogen (secondary N) is 1. The Balaban J connectivity index is 1.94. The molecule has 0 fully saturated rings. The van der Waals surface area contributed by atoms with Crippen molar-refractivity contribution in [1.82, 2.24) is 4.90 Å². The molecular weight excluding hydrogens is 440 g/mol. The molecule has 1 atom stereocenters. The van der Waals surface area contributed by atoms with Crippen molar-refractivity contribution in [3.05, 3.63) is 89.5 Å². The Hall–Kier alpha value is -3.80. The predicted octanol–water partition coefficient (Wildman–Crippen LogP) is 5.39. The van der Waals surface area contributed by atoms with E-state index in [0.717, 1.165) is 16.7 Å². The Bertz CT molecular complexity index is 1150. The molecule has 0 spiro atoms. The monoisotopic (exact) mass is 474 g/mol. The van der Waals surface area contributed by atoms with E-state index in [0.29, 0.717) is 30.2 Å². The summed E-state index contributed by atoms with van der Waals surface area (Å²) in [6, 6.07) is 22.8. The highest BCUT2D eigenvalue weighted by Crippen LogP contribution is 2.32. The number of aryl methyl sites for hydroxylation is 1. The molecule has 0 saturated heterocycles. The topological polar surface area (TPSA) is 67.9 Å². The van der Waals surface area contributed by atoms with Crippen LogP contribution in [0, 0.1) is 6.92 Å². The number of amides is 2. The second-order valence-corrected chi connectivity index (χ2v) is 8.78. The van der Waals surface area contributed by atoms with E-state index in [1.807, 2.05) is 75.4 Å². The van der Waals surface area contributed by atoms with E-state index in [-0.39, 0.29) is 18.2 Å². The Kier molecular flexibility index (Phi) is 8.53. The van der Waals surface area contributed by atoms with Crippen molar-refractivity contribution in [3.63, 3.8) is 0 Å². The van der Waals surface area contributed by atoms with E-state index in [2.05, 4.69) is 5.32 Å². The molecule has 1 unspecified atom stereocenters. The van der Waals surface area contributed by atoms with Gasteiger partial charge in [-0.1, -0.05) is 67.1 Å². The predicted molar refractivity (Wildman–Crippen MR) is 139 cm³/mol. The molecule has 3 rings (SSSR count). The molecule has 6 nitrogen and oxygen atoms in total. The van der Waals surface area contributed by atoms with Gasteiger partial charge in [-0.2, -0.15) is 0 Å². The molecule has 0 bridgehead atoms. The number of methoxy groups -OCH3 is 2. The summed E-state index contributed by atoms with van der Waals surface area (Å²) in [6.07, 6.45) is 0.644. The van der Waals surface area contributed by atoms with Gasteiger partial charge in [0.15, 0.2) is 0 Å². The first kappa shape index (κ1) is 25.8. The van der Waals surface area contributed by atoms with Gasteiger partial charge in [0, 0.05) is 12.6 Å². The number of rotatable bonds is 10. The minimum atomic E-state index is -1.10. The van der Waals surface area contributed by atoms with Gasteiger partial charge in [0.1, 0.15) is 17.0 Å². The van der Waals surface area contributed by atoms with Crippen molar-refractivity contribution in [2.24, 2.45) is 0 Å². The van der Waals surface area contributed by atoms with Crippen LogP contribution in [0.3, 0.4) is 0 Å². The summed E-state index contributed by atoms with van der Waals surface area (Å²) in [5, 5.41) is 2.99. The normalized spacial score (nSPS) is 12.4. The van der Waals surface area contributed by atoms with Crippen LogP contribution >= 0.6 is 0 Å². The highest BCUT2D eigenvalue weighted by molar-refractivity contribution is 6.01. The largest absolute Gasteiger partial charge is 0.497 e. The van der Waals surface area contributed by atoms with Crippen LogP contribution in [0.25, 0.3) is 0 Å². The van der Waals surface area contributed by atoms with Crippen molar-refractivity contribution < 1.29 is 19.1 Å². The van der Waals surface area contributed by atoms with Crippen molar-refractivity contribution in [1.29, 1.82) is 0 Å². The van der Waals surface area contributed by atoms with Crippen molar-refractivity contribution in [3.8, 4) is 11.5 Å². The van der Waals surface area contributed by atoms with Crippen LogP contribution in [0.2, 0.25) is 0 Å². The molecule has 2 amide bonds. The van der Waals surface area contributed by atoms with Crippen molar-refractivity contribution in [2.45, 2.75) is 45.7 Å². The molecule has 3 aromatic rings. The minimum Gasteiger partial charge on any atom is -0.497 e. The van der Waals surface area contributed by atoms with Gasteiger partial charge in [-0.3, -0.25) is 9.59 Å². The number of hydrogen-bond acceptors (Lipinski definition) is 4. The van der Waals surface area contributed by atoms with Crippen LogP contribution < -0.4 is 14.8 Å². The first-order valence-electron chi connectivity index (χ1n) is 11.7. The lowest BCUT2D eigenvalue weighted by molar-refractivity contribution is -0.145. The summed E-state index contributed by atoms with van der Waals surface area (Å²) in [5.74, 6) is 0.712. The number of carbonyl (C=O) groups is 2. The molecule has 6 heteroatoms. The molecule has 0 aromatic heterocycles. The van der Waals surface area contributed by atoms with Crippen molar-refractivity contribution in [2.75, 3.05) is 19.5 Å². The summed E-state index contributed by atoms with van der Waals surface area (Å²) in [4.78, 5) is 29.1. The summed E-state index contributed by atoms with van der Waals surface area (Å²) in [6.45, 7) is 6.08. The maximum Gasteiger partial charge on any atom is 0.250 e. The summed E-state index contributed by atoms with van der Waals surface area (Å²) >= 11 is 0. The van der Waals surface area contributed by atoms with Crippen LogP contribution in [-0.4, -0.2) is 36.5 Å². The Morgan fingerprint density at radius 3 is 2.20 bits per heavy atom. The number of carbonyl (C=O) groups excluding carboxylic acids is 2. The van der Waals surface area contributed by atoms with Gasteiger partial charge in [0.2, 0.25) is 11.8 Å². The number of ether oxygens (including phenoxy) is 2. The lowest BCUT2D eigenvalue weighted by atomic mass is 9.92. The standard InChI is InChI=1S/C29H34N2O4/c1-6-29(3,28(33)30-25-17-16-24(34-4)19-26(25)35-5)31(20-23-14-12-21(2)13-15-23)27(32)18-22-10-8-7-9-11-22/h7-17,19H,6,18,20H2,1-5H3,(H,30,33). The van der Waals surface area contributed by atoms with E-state index in [4.69, 9.17) is 9.47 Å². The van der Waals surface area contributed by atoms with Gasteiger partial charge in [-0.15, -0.1) is 0 Å². The fourth-order valence-electron chi connectivity index (χ4n) is 3.91. The molecule has 35 heavy (non-hydrogen) atoms. The second kappa shape index (κ2) is 11.6. The van der Waals surface area contributed by atoms with E-state index in [9.17, 15) is 9.59 Å². The summed E-state index contributed by atoms with van der Waals surface area (Å²) < 4.78 is 10.7. The van der Waals surface area contributed by atoms with Gasteiger partial charge in [-0.25, -0.2) is 0 Å². The van der Waals surface area contributed by atoms with Gasteiger partial charge < -0.3 is 19.7 Å². The van der Waals surface area contributed by atoms with E-state index in [1.165, 1.54) is 7.11 Å². The first-order valence-corrected chi connectivity index (χ1v) is 11.7. The van der Waals surface area contributed by atoms with Gasteiger partial charge in [0.25, 0.3) is 0 Å². The van der Waals surface area contributed by atoms with E-state index < -0.39 is 5.54 Å². The zero-order valence-corrected chi connectivity index (χ0v) is 21.1. The first-order chi connectivity index (χ1) is 16.8. The summed E-state index contributed by atoms with van der Waals surface area (Å²) in [5.41, 5.74) is 2.43. The molecular formula is C29H34N2O4. The number of nitrogens with zero attached hydrogens (tertiary/aromatic N) is 1. The van der Waals surface area contributed by atoms with Crippen LogP contribution in [0.5, 0.6) is 11.5 Å². The Morgan fingerprint density at radius 2 is 1.60 bits per heavy atom. The minimum absolute atomic E-state index is 0.113. The SMILES string of the molecule is CCC(C)(C(=O)Nc1ccc(OC)cc1OC)N(Cc1ccc(C)cc1)C(=O)Cc1ccccc1. The lowest BCUT2D eigenvalue weighted by Gasteiger charge is -2.40. The average molecular weight is 475 g/mol. The smallest absolute Gasteiger partial charge is 0.250 e. The highest BCUT2D eigenvalue weighted by atomic mass is 16.5. The third-order valence-corrected chi connectivity index (χ3v) is 6.39. The fourth-order valence-corrected chi connectivity index (χ4v) is 3.91. The van der Waals surface area contributed by atoms with Gasteiger partial charge in [-0.05, 0) is 43.5 Å². The molecule has 184 valence electrons. The zero-order chi connectivity index (χ0) is 25.4. The number of anilines is 1. The molecule has 0 radical (unpaired) electrons. The third-order valence-electron chi connectivity index (χ3n) is 6.39. The Morgan fingerprint density at radius 1 is 0.914 bits per heavy atom. The summed E-state index contributed by atoms with van der Waals surface area (Å²) in [7, 11) is 3.11. The molecule has 0 heterocycles. The van der Waals surface area contributed by atoms with Gasteiger partial charge in [0.05, 0.1) is 26.3 Å². The number of benzene rings is 3. The molecule has 0 aliphatic rings. The van der Waals surface area contributed by atoms with Crippen LogP contribution in [0.4, 0.5) is 5.69 Å². The third kappa shape index (κ3) is 6.21. The van der Waals surface area contributed by atoms with Gasteiger partial charge >= 0.3 is 0 Å². The molecule has 0 saturated carbocycles. The lowest BCUT2D eigenvalue weighted by Crippen LogP contribution is -2.56. The van der Waals surface area contributed by atoms with E-state index in [1.54, 1.807) is 30.2 Å². The molecule has 3 aromatic carbocycles. The zero-order valence-electron chi connectivity index (χ0n) is 21.1. The van der Waals surface area contributed by atoms with Crippen molar-refractivity contribution >= 4 is 17.5 Å². The average Bonchev–Trinajstić information content (AvgIpc) is 2.88. The highest BCUT2D eigenvalue weighted by Gasteiger charge is 2.41. The second-order valence-electron chi connectivity index (χ2n) is 8.78. The maximum atomic E-state index is 13.7. The quantitative estimate of drug-likeness (QED) is 0.428. The van der Waals surface area contributed by atoms with Crippen LogP contribution in [0.15, 0.2) is 72.8 Å². The fraction of sp³-hybridized carbons (Fsp3) is 0.310. The van der Waals surface area contributed by atoms with E-state index >= 15 is 0 Å². The maximum absolute atomic E-state index is 13.7. The molecule has 0 aliphatic heterocycles. The molecule has 1 N–H and O–H groups in total. The Labute approximate surface area is 207 Å².